The van der Waals surface area contributed by atoms with Crippen molar-refractivity contribution in [2.45, 2.75) is 26.7 Å². The van der Waals surface area contributed by atoms with Crippen LogP contribution in [0.3, 0.4) is 0 Å². The minimum atomic E-state index is -0.892. The normalized spacial score (nSPS) is 10.6. The van der Waals surface area contributed by atoms with Crippen LogP contribution in [0.2, 0.25) is 0 Å². The summed E-state index contributed by atoms with van der Waals surface area (Å²) in [6.07, 6.45) is 1.29. The summed E-state index contributed by atoms with van der Waals surface area (Å²) in [4.78, 5) is 15.9. The number of carbonyl (C=O) groups is 1. The molecule has 0 saturated heterocycles. The summed E-state index contributed by atoms with van der Waals surface area (Å²) in [6.45, 7) is 3.94. The first kappa shape index (κ1) is 14.5. The highest BCUT2D eigenvalue weighted by Crippen LogP contribution is 2.24. The van der Waals surface area contributed by atoms with Gasteiger partial charge in [0.15, 0.2) is 0 Å². The second-order valence-corrected chi connectivity index (χ2v) is 5.59. The van der Waals surface area contributed by atoms with Crippen LogP contribution in [0.15, 0.2) is 18.2 Å². The molecule has 0 fully saturated rings. The van der Waals surface area contributed by atoms with Crippen LogP contribution in [-0.2, 0) is 12.8 Å². The van der Waals surface area contributed by atoms with Gasteiger partial charge in [-0.1, -0.05) is 13.0 Å². The first-order valence-electron chi connectivity index (χ1n) is 6.40. The highest BCUT2D eigenvalue weighted by Gasteiger charge is 2.16. The van der Waals surface area contributed by atoms with Crippen LogP contribution in [-0.4, -0.2) is 23.2 Å². The van der Waals surface area contributed by atoms with Gasteiger partial charge in [-0.2, -0.15) is 0 Å². The van der Waals surface area contributed by atoms with Gasteiger partial charge in [-0.05, 0) is 36.6 Å². The molecule has 5 heteroatoms. The van der Waals surface area contributed by atoms with E-state index < -0.39 is 5.97 Å². The Morgan fingerprint density at radius 1 is 1.45 bits per heavy atom. The third-order valence-corrected chi connectivity index (χ3v) is 4.25. The number of ether oxygens (including phenoxy) is 1. The molecule has 20 heavy (non-hydrogen) atoms. The number of carboxylic acids is 1. The Labute approximate surface area is 122 Å². The van der Waals surface area contributed by atoms with Crippen LogP contribution in [0, 0.1) is 6.92 Å². The Kier molecular flexibility index (Phi) is 4.39. The van der Waals surface area contributed by atoms with Crippen molar-refractivity contribution >= 4 is 17.3 Å². The van der Waals surface area contributed by atoms with Crippen molar-refractivity contribution in [3.05, 3.63) is 44.9 Å². The topological polar surface area (TPSA) is 59.4 Å². The number of hydrogen-bond donors (Lipinski definition) is 1. The molecule has 0 spiro atoms. The van der Waals surface area contributed by atoms with E-state index in [0.717, 1.165) is 21.9 Å². The SMILES string of the molecule is CCc1nc(Cc2ccc(OC)cc2C)sc1C(=O)O. The lowest BCUT2D eigenvalue weighted by molar-refractivity contribution is 0.0701. The van der Waals surface area contributed by atoms with Gasteiger partial charge in [0, 0.05) is 6.42 Å². The maximum absolute atomic E-state index is 11.2. The number of aryl methyl sites for hydroxylation is 2. The van der Waals surface area contributed by atoms with Gasteiger partial charge < -0.3 is 9.84 Å². The molecule has 0 radical (unpaired) electrons. The monoisotopic (exact) mass is 291 g/mol. The highest BCUT2D eigenvalue weighted by atomic mass is 32.1. The van der Waals surface area contributed by atoms with E-state index in [1.165, 1.54) is 11.3 Å². The highest BCUT2D eigenvalue weighted by molar-refractivity contribution is 7.13. The van der Waals surface area contributed by atoms with Crippen LogP contribution in [0.1, 0.15) is 38.4 Å². The summed E-state index contributed by atoms with van der Waals surface area (Å²) in [5.74, 6) is -0.0667. The van der Waals surface area contributed by atoms with Gasteiger partial charge in [0.1, 0.15) is 10.6 Å². The molecule has 0 aliphatic carbocycles. The number of thiazole rings is 1. The van der Waals surface area contributed by atoms with E-state index in [0.29, 0.717) is 23.4 Å². The molecular weight excluding hydrogens is 274 g/mol. The molecular formula is C15H17NO3S. The number of nitrogens with zero attached hydrogens (tertiary/aromatic N) is 1. The zero-order valence-corrected chi connectivity index (χ0v) is 12.6. The lowest BCUT2D eigenvalue weighted by Gasteiger charge is -2.06. The lowest BCUT2D eigenvalue weighted by Crippen LogP contribution is -1.97. The van der Waals surface area contributed by atoms with Crippen LogP contribution < -0.4 is 4.74 Å². The van der Waals surface area contributed by atoms with Crippen LogP contribution in [0.25, 0.3) is 0 Å². The van der Waals surface area contributed by atoms with Crippen molar-refractivity contribution < 1.29 is 14.6 Å². The molecule has 1 aromatic carbocycles. The Hall–Kier alpha value is -1.88. The average molecular weight is 291 g/mol. The third-order valence-electron chi connectivity index (χ3n) is 3.16. The molecule has 0 saturated carbocycles. The fourth-order valence-corrected chi connectivity index (χ4v) is 3.05. The van der Waals surface area contributed by atoms with Crippen molar-refractivity contribution in [1.82, 2.24) is 4.98 Å². The molecule has 1 heterocycles. The smallest absolute Gasteiger partial charge is 0.347 e. The van der Waals surface area contributed by atoms with E-state index in [-0.39, 0.29) is 0 Å². The zero-order chi connectivity index (χ0) is 14.7. The van der Waals surface area contributed by atoms with Crippen molar-refractivity contribution in [3.63, 3.8) is 0 Å². The predicted octanol–water partition coefficient (Wildman–Crippen LogP) is 3.31. The number of aromatic nitrogens is 1. The first-order valence-corrected chi connectivity index (χ1v) is 7.22. The molecule has 106 valence electrons. The van der Waals surface area contributed by atoms with Gasteiger partial charge in [-0.25, -0.2) is 9.78 Å². The first-order chi connectivity index (χ1) is 9.55. The Morgan fingerprint density at radius 3 is 2.70 bits per heavy atom. The summed E-state index contributed by atoms with van der Waals surface area (Å²) in [5, 5.41) is 9.99. The molecule has 1 aromatic heterocycles. The zero-order valence-electron chi connectivity index (χ0n) is 11.8. The third kappa shape index (κ3) is 2.99. The fraction of sp³-hybridized carbons (Fsp3) is 0.333. The Bertz CT molecular complexity index is 634. The largest absolute Gasteiger partial charge is 0.497 e. The molecule has 1 N–H and O–H groups in total. The maximum Gasteiger partial charge on any atom is 0.347 e. The second kappa shape index (κ2) is 6.05. The van der Waals surface area contributed by atoms with E-state index >= 15 is 0 Å². The standard InChI is InChI=1S/C15H17NO3S/c1-4-12-14(15(17)18)20-13(16-12)8-10-5-6-11(19-3)7-9(10)2/h5-7H,4,8H2,1-3H3,(H,17,18). The van der Waals surface area contributed by atoms with E-state index in [1.54, 1.807) is 7.11 Å². The molecule has 2 aromatic rings. The molecule has 2 rings (SSSR count). The minimum absolute atomic E-state index is 0.355. The summed E-state index contributed by atoms with van der Waals surface area (Å²) >= 11 is 1.26. The van der Waals surface area contributed by atoms with Crippen LogP contribution in [0.5, 0.6) is 5.75 Å². The number of rotatable bonds is 5. The van der Waals surface area contributed by atoms with E-state index in [1.807, 2.05) is 32.0 Å². The Balaban J connectivity index is 2.28. The van der Waals surface area contributed by atoms with E-state index in [2.05, 4.69) is 4.98 Å². The maximum atomic E-state index is 11.2. The predicted molar refractivity (Wildman–Crippen MR) is 79.0 cm³/mol. The fourth-order valence-electron chi connectivity index (χ4n) is 2.04. The van der Waals surface area contributed by atoms with Crippen LogP contribution in [0.4, 0.5) is 0 Å². The number of aromatic carboxylic acids is 1. The molecule has 0 aliphatic rings. The van der Waals surface area contributed by atoms with Gasteiger partial charge in [0.05, 0.1) is 17.8 Å². The van der Waals surface area contributed by atoms with E-state index in [4.69, 9.17) is 9.84 Å². The minimum Gasteiger partial charge on any atom is -0.497 e. The van der Waals surface area contributed by atoms with Gasteiger partial charge in [0.2, 0.25) is 0 Å². The summed E-state index contributed by atoms with van der Waals surface area (Å²) in [5.41, 5.74) is 2.93. The second-order valence-electron chi connectivity index (χ2n) is 4.51. The summed E-state index contributed by atoms with van der Waals surface area (Å²) < 4.78 is 5.18. The van der Waals surface area contributed by atoms with Crippen molar-refractivity contribution in [1.29, 1.82) is 0 Å². The molecule has 4 nitrogen and oxygen atoms in total. The number of benzene rings is 1. The van der Waals surface area contributed by atoms with Gasteiger partial charge in [-0.15, -0.1) is 11.3 Å². The lowest BCUT2D eigenvalue weighted by atomic mass is 10.1. The summed E-state index contributed by atoms with van der Waals surface area (Å²) in [6, 6.07) is 5.89. The molecule has 0 unspecified atom stereocenters. The number of methoxy groups -OCH3 is 1. The van der Waals surface area contributed by atoms with Crippen molar-refractivity contribution in [2.75, 3.05) is 7.11 Å². The number of hydrogen-bond acceptors (Lipinski definition) is 4. The average Bonchev–Trinajstić information content (AvgIpc) is 2.84. The number of carboxylic acid groups (broad SMARTS) is 1. The Morgan fingerprint density at radius 2 is 2.20 bits per heavy atom. The molecule has 0 aliphatic heterocycles. The quantitative estimate of drug-likeness (QED) is 0.918. The van der Waals surface area contributed by atoms with Crippen molar-refractivity contribution in [3.8, 4) is 5.75 Å². The van der Waals surface area contributed by atoms with E-state index in [9.17, 15) is 4.79 Å². The van der Waals surface area contributed by atoms with Crippen LogP contribution >= 0.6 is 11.3 Å². The molecule has 0 atom stereocenters. The van der Waals surface area contributed by atoms with Gasteiger partial charge >= 0.3 is 5.97 Å². The van der Waals surface area contributed by atoms with Gasteiger partial charge in [-0.3, -0.25) is 0 Å². The molecule has 0 bridgehead atoms. The van der Waals surface area contributed by atoms with Gasteiger partial charge in [0.25, 0.3) is 0 Å². The molecule has 0 amide bonds. The summed E-state index contributed by atoms with van der Waals surface area (Å²) in [7, 11) is 1.64. The van der Waals surface area contributed by atoms with Crippen molar-refractivity contribution in [2.24, 2.45) is 0 Å².